The van der Waals surface area contributed by atoms with Crippen molar-refractivity contribution < 1.29 is 37.7 Å². The summed E-state index contributed by atoms with van der Waals surface area (Å²) in [5, 5.41) is 22.6. The van der Waals surface area contributed by atoms with E-state index in [2.05, 4.69) is 20.0 Å². The van der Waals surface area contributed by atoms with E-state index in [1.165, 1.54) is 42.1 Å². The van der Waals surface area contributed by atoms with Gasteiger partial charge in [0.25, 0.3) is 0 Å². The first-order valence-electron chi connectivity index (χ1n) is 10.8. The van der Waals surface area contributed by atoms with Gasteiger partial charge in [-0.25, -0.2) is 13.9 Å². The smallest absolute Gasteiger partial charge is 0.459 e. The summed E-state index contributed by atoms with van der Waals surface area (Å²) < 4.78 is 46.9. The molecule has 0 bridgehead atoms. The molecular formula is C20H24ClFN7O7P. The van der Waals surface area contributed by atoms with E-state index in [4.69, 9.17) is 36.9 Å². The number of hydrogen-bond donors (Lipinski definition) is 5. The van der Waals surface area contributed by atoms with Gasteiger partial charge in [-0.05, 0) is 38.1 Å². The van der Waals surface area contributed by atoms with Gasteiger partial charge in [0.15, 0.2) is 23.4 Å². The average molecular weight is 560 g/mol. The van der Waals surface area contributed by atoms with Gasteiger partial charge in [-0.1, -0.05) is 11.6 Å². The maximum atomic E-state index is 15.7. The summed E-state index contributed by atoms with van der Waals surface area (Å²) in [5.41, 5.74) is 9.28. The van der Waals surface area contributed by atoms with E-state index < -0.39 is 50.5 Å². The average Bonchev–Trinajstić information content (AvgIpc) is 3.32. The Hall–Kier alpha value is -3.07. The summed E-state index contributed by atoms with van der Waals surface area (Å²) in [6.45, 7) is 1.67. The van der Waals surface area contributed by atoms with Crippen LogP contribution in [0.4, 0.5) is 16.2 Å². The highest BCUT2D eigenvalue weighted by Gasteiger charge is 2.56. The van der Waals surface area contributed by atoms with Crippen LogP contribution in [-0.4, -0.2) is 66.2 Å². The lowest BCUT2D eigenvalue weighted by Crippen LogP contribution is -2.41. The molecule has 3 heterocycles. The normalized spacial score (nSPS) is 26.1. The number of aromatic nitrogens is 4. The molecule has 14 nitrogen and oxygen atoms in total. The standard InChI is InChI=1S/C20H24ClFN7O7P/c1-9(17(31)32)28-37(33,36-11-5-3-10(21)4-6-11)34-7-12-14(30)20(2,22)18(35-12)29-8-25-13-15(23)26-19(24)27-16(13)29/h3-6,8-9,12,14,18,30H,7H2,1-2H3,(H,28,33)(H,31,32)(H4,23,24,26,27)/t9?,12-,14-,18-,20-,37?/m1/s1. The molecule has 17 heteroatoms. The zero-order valence-electron chi connectivity index (χ0n) is 19.5. The van der Waals surface area contributed by atoms with Crippen molar-refractivity contribution in [2.24, 2.45) is 0 Å². The van der Waals surface area contributed by atoms with Crippen LogP contribution in [0.1, 0.15) is 20.1 Å². The molecule has 6 atom stereocenters. The predicted molar refractivity (Wildman–Crippen MR) is 129 cm³/mol. The third kappa shape index (κ3) is 5.46. The van der Waals surface area contributed by atoms with Crippen LogP contribution in [0.3, 0.4) is 0 Å². The fourth-order valence-electron chi connectivity index (χ4n) is 3.67. The molecule has 0 radical (unpaired) electrons. The Balaban J connectivity index is 1.57. The number of benzene rings is 1. The fourth-order valence-corrected chi connectivity index (χ4v) is 5.30. The van der Waals surface area contributed by atoms with Gasteiger partial charge in [-0.2, -0.15) is 15.1 Å². The van der Waals surface area contributed by atoms with Crippen molar-refractivity contribution in [1.82, 2.24) is 24.6 Å². The molecule has 0 aliphatic carbocycles. The molecule has 2 aromatic heterocycles. The number of imidazole rings is 1. The van der Waals surface area contributed by atoms with Crippen molar-refractivity contribution >= 4 is 48.2 Å². The number of alkyl halides is 1. The Morgan fingerprint density at radius 3 is 2.70 bits per heavy atom. The predicted octanol–water partition coefficient (Wildman–Crippen LogP) is 1.90. The molecule has 0 saturated carbocycles. The molecule has 1 fully saturated rings. The molecular weight excluding hydrogens is 536 g/mol. The van der Waals surface area contributed by atoms with Gasteiger partial charge >= 0.3 is 13.7 Å². The highest BCUT2D eigenvalue weighted by molar-refractivity contribution is 7.52. The summed E-state index contributed by atoms with van der Waals surface area (Å²) >= 11 is 5.85. The molecule has 3 aromatic rings. The number of ether oxygens (including phenoxy) is 1. The highest BCUT2D eigenvalue weighted by atomic mass is 35.5. The van der Waals surface area contributed by atoms with Gasteiger partial charge in [0.05, 0.1) is 12.9 Å². The summed E-state index contributed by atoms with van der Waals surface area (Å²) in [6, 6.07) is 4.36. The van der Waals surface area contributed by atoms with E-state index in [1.54, 1.807) is 0 Å². The number of aliphatic hydroxyl groups is 1. The van der Waals surface area contributed by atoms with Gasteiger partial charge in [0.1, 0.15) is 29.5 Å². The van der Waals surface area contributed by atoms with Crippen LogP contribution in [0.15, 0.2) is 30.6 Å². The second kappa shape index (κ2) is 10.0. The third-order valence-electron chi connectivity index (χ3n) is 5.61. The van der Waals surface area contributed by atoms with E-state index in [9.17, 15) is 19.6 Å². The number of nitrogens with two attached hydrogens (primary N) is 2. The quantitative estimate of drug-likeness (QED) is 0.237. The third-order valence-corrected chi connectivity index (χ3v) is 7.50. The first-order valence-corrected chi connectivity index (χ1v) is 12.7. The summed E-state index contributed by atoms with van der Waals surface area (Å²) in [7, 11) is -4.38. The molecule has 4 rings (SSSR count). The van der Waals surface area contributed by atoms with E-state index >= 15 is 4.39 Å². The first kappa shape index (κ1) is 27.0. The number of carboxylic acid groups (broad SMARTS) is 1. The molecule has 1 aliphatic heterocycles. The van der Waals surface area contributed by atoms with E-state index in [-0.39, 0.29) is 28.7 Å². The highest BCUT2D eigenvalue weighted by Crippen LogP contribution is 2.48. The van der Waals surface area contributed by atoms with Crippen LogP contribution < -0.4 is 21.1 Å². The Bertz CT molecular complexity index is 1360. The largest absolute Gasteiger partial charge is 0.480 e. The number of carboxylic acids is 1. The molecule has 1 aliphatic rings. The maximum absolute atomic E-state index is 15.7. The van der Waals surface area contributed by atoms with Crippen LogP contribution >= 0.6 is 19.3 Å². The number of aliphatic carboxylic acids is 1. The molecule has 1 aromatic carbocycles. The van der Waals surface area contributed by atoms with Crippen LogP contribution in [-0.2, 0) is 18.6 Å². The zero-order valence-corrected chi connectivity index (χ0v) is 21.1. The van der Waals surface area contributed by atoms with Crippen molar-refractivity contribution in [1.29, 1.82) is 0 Å². The van der Waals surface area contributed by atoms with Crippen LogP contribution in [0.5, 0.6) is 5.75 Å². The number of hydrogen-bond acceptors (Lipinski definition) is 11. The Morgan fingerprint density at radius 1 is 1.38 bits per heavy atom. The fraction of sp³-hybridized carbons (Fsp3) is 0.400. The lowest BCUT2D eigenvalue weighted by molar-refractivity contribution is -0.138. The van der Waals surface area contributed by atoms with Gasteiger partial charge in [-0.15, -0.1) is 0 Å². The topological polar surface area (TPSA) is 210 Å². The van der Waals surface area contributed by atoms with Crippen molar-refractivity contribution in [3.63, 3.8) is 0 Å². The number of rotatable bonds is 9. The van der Waals surface area contributed by atoms with E-state index in [0.717, 1.165) is 6.92 Å². The van der Waals surface area contributed by atoms with Gasteiger partial charge in [0, 0.05) is 5.02 Å². The number of aliphatic hydroxyl groups excluding tert-OH is 1. The summed E-state index contributed by atoms with van der Waals surface area (Å²) in [6.07, 6.45) is -3.39. The number of anilines is 2. The molecule has 0 spiro atoms. The van der Waals surface area contributed by atoms with E-state index in [0.29, 0.717) is 5.02 Å². The maximum Gasteiger partial charge on any atom is 0.459 e. The zero-order chi connectivity index (χ0) is 27.1. The minimum Gasteiger partial charge on any atom is -0.480 e. The number of halogens is 2. The number of carbonyl (C=O) groups is 1. The number of nitrogen functional groups attached to an aromatic ring is 2. The van der Waals surface area contributed by atoms with Crippen LogP contribution in [0.25, 0.3) is 11.2 Å². The second-order valence-electron chi connectivity index (χ2n) is 8.44. The van der Waals surface area contributed by atoms with Crippen LogP contribution in [0.2, 0.25) is 5.02 Å². The molecule has 200 valence electrons. The first-order chi connectivity index (χ1) is 17.3. The minimum atomic E-state index is -4.38. The van der Waals surface area contributed by atoms with Gasteiger partial charge < -0.3 is 30.9 Å². The molecule has 2 unspecified atom stereocenters. The lowest BCUT2D eigenvalue weighted by atomic mass is 9.98. The Morgan fingerprint density at radius 2 is 2.05 bits per heavy atom. The Kier molecular flexibility index (Phi) is 7.29. The second-order valence-corrected chi connectivity index (χ2v) is 10.6. The molecule has 7 N–H and O–H groups in total. The summed E-state index contributed by atoms with van der Waals surface area (Å²) in [5.74, 6) is -1.48. The van der Waals surface area contributed by atoms with Gasteiger partial charge in [0.2, 0.25) is 5.95 Å². The molecule has 1 saturated heterocycles. The monoisotopic (exact) mass is 559 g/mol. The molecule has 37 heavy (non-hydrogen) atoms. The van der Waals surface area contributed by atoms with Crippen molar-refractivity contribution in [2.75, 3.05) is 18.1 Å². The molecule has 0 amide bonds. The number of nitrogens with one attached hydrogen (secondary N) is 1. The lowest BCUT2D eigenvalue weighted by Gasteiger charge is -2.25. The summed E-state index contributed by atoms with van der Waals surface area (Å²) in [4.78, 5) is 23.2. The number of fused-ring (bicyclic) bond motifs is 1. The minimum absolute atomic E-state index is 0.0286. The van der Waals surface area contributed by atoms with Crippen LogP contribution in [0, 0.1) is 0 Å². The van der Waals surface area contributed by atoms with Crippen molar-refractivity contribution in [2.45, 2.75) is 44.0 Å². The SMILES string of the molecule is CC(NP(=O)(OC[C@H]1O[C@@H](n2cnc3c(N)nc(N)nc32)[C@](C)(F)[C@@H]1O)Oc1ccc(Cl)cc1)C(=O)O. The van der Waals surface area contributed by atoms with Gasteiger partial charge in [-0.3, -0.25) is 13.9 Å². The Labute approximate surface area is 214 Å². The van der Waals surface area contributed by atoms with Crippen molar-refractivity contribution in [3.05, 3.63) is 35.6 Å². The van der Waals surface area contributed by atoms with E-state index in [1.807, 2.05) is 0 Å². The number of nitrogens with zero attached hydrogens (tertiary/aromatic N) is 4. The van der Waals surface area contributed by atoms with Crippen molar-refractivity contribution in [3.8, 4) is 5.75 Å².